The van der Waals surface area contributed by atoms with Crippen LogP contribution in [-0.2, 0) is 16.6 Å². The molecule has 0 unspecified atom stereocenters. The van der Waals surface area contributed by atoms with Crippen LogP contribution in [0.4, 0.5) is 0 Å². The lowest BCUT2D eigenvalue weighted by molar-refractivity contribution is -0.130. The summed E-state index contributed by atoms with van der Waals surface area (Å²) in [6.07, 6.45) is 5.51. The Morgan fingerprint density at radius 3 is 2.71 bits per heavy atom. The van der Waals surface area contributed by atoms with E-state index >= 15 is 0 Å². The summed E-state index contributed by atoms with van der Waals surface area (Å²) < 4.78 is 6.92. The van der Waals surface area contributed by atoms with Gasteiger partial charge in [0.2, 0.25) is 0 Å². The van der Waals surface area contributed by atoms with Gasteiger partial charge in [0.15, 0.2) is 6.10 Å². The number of amides is 1. The maximum absolute atomic E-state index is 12.2. The van der Waals surface area contributed by atoms with E-state index in [-0.39, 0.29) is 11.9 Å². The van der Waals surface area contributed by atoms with E-state index in [2.05, 4.69) is 12.2 Å². The summed E-state index contributed by atoms with van der Waals surface area (Å²) in [4.78, 5) is 24.1. The third-order valence-corrected chi connectivity index (χ3v) is 4.25. The number of carbonyl (C=O) groups excluding carboxylic acids is 2. The maximum atomic E-state index is 12.2. The van der Waals surface area contributed by atoms with Gasteiger partial charge >= 0.3 is 5.97 Å². The van der Waals surface area contributed by atoms with Crippen LogP contribution in [0.2, 0.25) is 0 Å². The van der Waals surface area contributed by atoms with Gasteiger partial charge < -0.3 is 14.6 Å². The molecule has 5 heteroatoms. The molecule has 1 aromatic heterocycles. The first kappa shape index (κ1) is 15.6. The fraction of sp³-hybridized carbons (Fsp3) is 0.625. The first-order chi connectivity index (χ1) is 9.99. The summed E-state index contributed by atoms with van der Waals surface area (Å²) in [6.45, 7) is 3.77. The molecule has 0 spiro atoms. The lowest BCUT2D eigenvalue weighted by Crippen LogP contribution is -2.46. The number of aryl methyl sites for hydroxylation is 1. The van der Waals surface area contributed by atoms with Gasteiger partial charge in [0, 0.05) is 19.3 Å². The monoisotopic (exact) mass is 292 g/mol. The topological polar surface area (TPSA) is 60.3 Å². The molecule has 0 saturated heterocycles. The van der Waals surface area contributed by atoms with Crippen LogP contribution in [0.1, 0.15) is 50.0 Å². The van der Waals surface area contributed by atoms with Crippen molar-refractivity contribution in [1.29, 1.82) is 0 Å². The number of ether oxygens (including phenoxy) is 1. The van der Waals surface area contributed by atoms with Crippen LogP contribution in [0.3, 0.4) is 0 Å². The van der Waals surface area contributed by atoms with Crippen molar-refractivity contribution in [3.8, 4) is 0 Å². The number of hydrogen-bond acceptors (Lipinski definition) is 3. The van der Waals surface area contributed by atoms with Crippen LogP contribution in [0.25, 0.3) is 0 Å². The Labute approximate surface area is 125 Å². The molecular formula is C16H24N2O3. The Kier molecular flexibility index (Phi) is 5.04. The van der Waals surface area contributed by atoms with E-state index in [0.29, 0.717) is 11.6 Å². The van der Waals surface area contributed by atoms with E-state index < -0.39 is 12.1 Å². The van der Waals surface area contributed by atoms with Gasteiger partial charge in [-0.2, -0.15) is 0 Å². The summed E-state index contributed by atoms with van der Waals surface area (Å²) in [6, 6.07) is 3.64. The average molecular weight is 292 g/mol. The van der Waals surface area contributed by atoms with Crippen molar-refractivity contribution in [2.24, 2.45) is 13.0 Å². The second-order valence-corrected chi connectivity index (χ2v) is 5.93. The van der Waals surface area contributed by atoms with Crippen molar-refractivity contribution in [3.05, 3.63) is 24.0 Å². The molecule has 3 atom stereocenters. The van der Waals surface area contributed by atoms with E-state index in [1.165, 1.54) is 6.42 Å². The summed E-state index contributed by atoms with van der Waals surface area (Å²) >= 11 is 0. The highest BCUT2D eigenvalue weighted by molar-refractivity contribution is 5.91. The Morgan fingerprint density at radius 2 is 2.10 bits per heavy atom. The van der Waals surface area contributed by atoms with Crippen LogP contribution < -0.4 is 5.32 Å². The third kappa shape index (κ3) is 3.86. The van der Waals surface area contributed by atoms with Crippen molar-refractivity contribution in [2.45, 2.75) is 51.7 Å². The Balaban J connectivity index is 1.87. The SMILES string of the molecule is C[C@@H]1CCCC[C@@H]1NC(=O)[C@@H](C)OC(=O)c1cccn1C. The zero-order chi connectivity index (χ0) is 15.4. The Morgan fingerprint density at radius 1 is 1.38 bits per heavy atom. The third-order valence-electron chi connectivity index (χ3n) is 4.25. The van der Waals surface area contributed by atoms with Gasteiger partial charge in [-0.15, -0.1) is 0 Å². The smallest absolute Gasteiger partial charge is 0.355 e. The summed E-state index contributed by atoms with van der Waals surface area (Å²) in [7, 11) is 1.77. The molecule has 1 amide bonds. The molecule has 0 aromatic carbocycles. The van der Waals surface area contributed by atoms with Gasteiger partial charge in [0.25, 0.3) is 5.91 Å². The molecule has 0 radical (unpaired) electrons. The molecule has 21 heavy (non-hydrogen) atoms. The normalized spacial score (nSPS) is 23.4. The summed E-state index contributed by atoms with van der Waals surface area (Å²) in [5.74, 6) is -0.198. The zero-order valence-corrected chi connectivity index (χ0v) is 13.0. The minimum Gasteiger partial charge on any atom is -0.448 e. The molecule has 0 bridgehead atoms. The fourth-order valence-corrected chi connectivity index (χ4v) is 2.78. The van der Waals surface area contributed by atoms with Gasteiger partial charge in [-0.05, 0) is 37.8 Å². The number of hydrogen-bond donors (Lipinski definition) is 1. The molecule has 1 aliphatic carbocycles. The molecule has 5 nitrogen and oxygen atoms in total. The number of esters is 1. The molecule has 116 valence electrons. The predicted molar refractivity (Wildman–Crippen MR) is 79.9 cm³/mol. The van der Waals surface area contributed by atoms with E-state index in [1.54, 1.807) is 36.9 Å². The van der Waals surface area contributed by atoms with E-state index in [0.717, 1.165) is 19.3 Å². The van der Waals surface area contributed by atoms with E-state index in [9.17, 15) is 9.59 Å². The number of rotatable bonds is 4. The molecule has 2 rings (SSSR count). The first-order valence-corrected chi connectivity index (χ1v) is 7.61. The summed E-state index contributed by atoms with van der Waals surface area (Å²) in [5, 5.41) is 3.01. The van der Waals surface area contributed by atoms with E-state index in [4.69, 9.17) is 4.74 Å². The molecule has 1 aliphatic rings. The van der Waals surface area contributed by atoms with Crippen molar-refractivity contribution < 1.29 is 14.3 Å². The van der Waals surface area contributed by atoms with Crippen molar-refractivity contribution >= 4 is 11.9 Å². The predicted octanol–water partition coefficient (Wildman–Crippen LogP) is 2.27. The average Bonchev–Trinajstić information content (AvgIpc) is 2.87. The molecule has 1 fully saturated rings. The highest BCUT2D eigenvalue weighted by Crippen LogP contribution is 2.23. The van der Waals surface area contributed by atoms with Crippen molar-refractivity contribution in [1.82, 2.24) is 9.88 Å². The molecular weight excluding hydrogens is 268 g/mol. The van der Waals surface area contributed by atoms with Crippen molar-refractivity contribution in [3.63, 3.8) is 0 Å². The fourth-order valence-electron chi connectivity index (χ4n) is 2.78. The summed E-state index contributed by atoms with van der Waals surface area (Å²) in [5.41, 5.74) is 0.445. The van der Waals surface area contributed by atoms with Crippen LogP contribution in [0.5, 0.6) is 0 Å². The standard InChI is InChI=1S/C16H24N2O3/c1-11-7-4-5-8-13(11)17-15(19)12(2)21-16(20)14-9-6-10-18(14)3/h6,9-13H,4-5,7-8H2,1-3H3,(H,17,19)/t11-,12-,13+/m1/s1. The van der Waals surface area contributed by atoms with Gasteiger partial charge in [-0.3, -0.25) is 4.79 Å². The quantitative estimate of drug-likeness (QED) is 0.866. The molecule has 1 saturated carbocycles. The molecule has 1 heterocycles. The van der Waals surface area contributed by atoms with Crippen molar-refractivity contribution in [2.75, 3.05) is 0 Å². The van der Waals surface area contributed by atoms with Gasteiger partial charge in [0.1, 0.15) is 5.69 Å². The lowest BCUT2D eigenvalue weighted by Gasteiger charge is -2.30. The van der Waals surface area contributed by atoms with Gasteiger partial charge in [-0.25, -0.2) is 4.79 Å². The van der Waals surface area contributed by atoms with E-state index in [1.807, 2.05) is 0 Å². The number of nitrogens with one attached hydrogen (secondary N) is 1. The molecule has 1 aromatic rings. The molecule has 0 aliphatic heterocycles. The van der Waals surface area contributed by atoms with Crippen LogP contribution in [0, 0.1) is 5.92 Å². The minimum atomic E-state index is -0.776. The van der Waals surface area contributed by atoms with Crippen LogP contribution in [0.15, 0.2) is 18.3 Å². The zero-order valence-electron chi connectivity index (χ0n) is 13.0. The maximum Gasteiger partial charge on any atom is 0.355 e. The van der Waals surface area contributed by atoms with Crippen LogP contribution in [-0.4, -0.2) is 28.6 Å². The number of aromatic nitrogens is 1. The molecule has 1 N–H and O–H groups in total. The minimum absolute atomic E-state index is 0.197. The Hall–Kier alpha value is -1.78. The second kappa shape index (κ2) is 6.78. The largest absolute Gasteiger partial charge is 0.448 e. The van der Waals surface area contributed by atoms with Gasteiger partial charge in [0.05, 0.1) is 0 Å². The number of nitrogens with zero attached hydrogens (tertiary/aromatic N) is 1. The number of carbonyl (C=O) groups is 2. The first-order valence-electron chi connectivity index (χ1n) is 7.61. The van der Waals surface area contributed by atoms with Crippen LogP contribution >= 0.6 is 0 Å². The second-order valence-electron chi connectivity index (χ2n) is 5.93. The highest BCUT2D eigenvalue weighted by Gasteiger charge is 2.26. The highest BCUT2D eigenvalue weighted by atomic mass is 16.5. The lowest BCUT2D eigenvalue weighted by atomic mass is 9.86. The Bertz CT molecular complexity index is 509. The van der Waals surface area contributed by atoms with Gasteiger partial charge in [-0.1, -0.05) is 19.8 Å².